The molecule has 0 bridgehead atoms. The molecule has 0 amide bonds. The van der Waals surface area contributed by atoms with E-state index in [2.05, 4.69) is 20.3 Å². The number of pyridine rings is 1. The highest BCUT2D eigenvalue weighted by Gasteiger charge is 2.27. The molecule has 1 atom stereocenters. The number of rotatable bonds is 6. The molecule has 0 aliphatic rings. The maximum Gasteiger partial charge on any atom is 0.326 e. The number of hydrogen-bond donors (Lipinski definition) is 2. The maximum absolute atomic E-state index is 12.9. The molecule has 2 rings (SSSR count). The molecule has 0 aliphatic heterocycles. The van der Waals surface area contributed by atoms with Crippen molar-refractivity contribution in [1.29, 1.82) is 0 Å². The van der Waals surface area contributed by atoms with E-state index in [9.17, 15) is 13.6 Å². The first-order valence-electron chi connectivity index (χ1n) is 6.42. The summed E-state index contributed by atoms with van der Waals surface area (Å²) >= 11 is 5.78. The molecular formula is C13H13ClF2N4O2. The summed E-state index contributed by atoms with van der Waals surface area (Å²) in [6.45, 7) is 0.740. The van der Waals surface area contributed by atoms with Gasteiger partial charge < -0.3 is 10.4 Å². The minimum atomic E-state index is -2.95. The highest BCUT2D eigenvalue weighted by molar-refractivity contribution is 6.28. The molecule has 9 heteroatoms. The third-order valence-electron chi connectivity index (χ3n) is 2.91. The summed E-state index contributed by atoms with van der Waals surface area (Å²) in [5.41, 5.74) is 0.747. The SMILES string of the molecule is CC(F)(F)CC[C@@H](Nc1nc(Cl)nc2cccnc12)C(=O)O. The molecule has 0 saturated carbocycles. The summed E-state index contributed by atoms with van der Waals surface area (Å²) in [6, 6.07) is 2.04. The van der Waals surface area contributed by atoms with E-state index >= 15 is 0 Å². The molecule has 22 heavy (non-hydrogen) atoms. The topological polar surface area (TPSA) is 88.0 Å². The van der Waals surface area contributed by atoms with Crippen molar-refractivity contribution in [2.75, 3.05) is 5.32 Å². The molecule has 0 radical (unpaired) electrons. The molecule has 0 saturated heterocycles. The Morgan fingerprint density at radius 1 is 1.50 bits per heavy atom. The number of hydrogen-bond acceptors (Lipinski definition) is 5. The number of halogens is 3. The Morgan fingerprint density at radius 3 is 2.86 bits per heavy atom. The van der Waals surface area contributed by atoms with Gasteiger partial charge in [0.15, 0.2) is 5.82 Å². The van der Waals surface area contributed by atoms with Crippen LogP contribution in [0.15, 0.2) is 18.3 Å². The minimum absolute atomic E-state index is 0.0899. The Kier molecular flexibility index (Phi) is 4.70. The van der Waals surface area contributed by atoms with Crippen molar-refractivity contribution in [1.82, 2.24) is 15.0 Å². The quantitative estimate of drug-likeness (QED) is 0.792. The second-order valence-electron chi connectivity index (χ2n) is 4.86. The van der Waals surface area contributed by atoms with Crippen LogP contribution in [0.4, 0.5) is 14.6 Å². The van der Waals surface area contributed by atoms with Gasteiger partial charge >= 0.3 is 5.97 Å². The van der Waals surface area contributed by atoms with Gasteiger partial charge in [0, 0.05) is 12.6 Å². The predicted octanol–water partition coefficient (Wildman–Crippen LogP) is 2.98. The van der Waals surface area contributed by atoms with E-state index in [1.807, 2.05) is 0 Å². The van der Waals surface area contributed by atoms with Crippen molar-refractivity contribution < 1.29 is 18.7 Å². The third-order valence-corrected chi connectivity index (χ3v) is 3.08. The summed E-state index contributed by atoms with van der Waals surface area (Å²) < 4.78 is 25.8. The van der Waals surface area contributed by atoms with Gasteiger partial charge in [-0.15, -0.1) is 0 Å². The number of carbonyl (C=O) groups is 1. The molecule has 0 aromatic carbocycles. The lowest BCUT2D eigenvalue weighted by Gasteiger charge is -2.18. The molecule has 6 nitrogen and oxygen atoms in total. The van der Waals surface area contributed by atoms with E-state index < -0.39 is 24.4 Å². The van der Waals surface area contributed by atoms with Gasteiger partial charge in [0.25, 0.3) is 0 Å². The Hall–Kier alpha value is -2.09. The monoisotopic (exact) mass is 330 g/mol. The zero-order chi connectivity index (χ0) is 16.3. The fraction of sp³-hybridized carbons (Fsp3) is 0.385. The van der Waals surface area contributed by atoms with Crippen molar-refractivity contribution >= 4 is 34.4 Å². The normalized spacial score (nSPS) is 13.1. The van der Waals surface area contributed by atoms with Crippen LogP contribution in [0.25, 0.3) is 11.0 Å². The smallest absolute Gasteiger partial charge is 0.326 e. The van der Waals surface area contributed by atoms with E-state index in [1.165, 1.54) is 6.20 Å². The number of nitrogens with zero attached hydrogens (tertiary/aromatic N) is 3. The maximum atomic E-state index is 12.9. The lowest BCUT2D eigenvalue weighted by Crippen LogP contribution is -2.31. The zero-order valence-electron chi connectivity index (χ0n) is 11.6. The summed E-state index contributed by atoms with van der Waals surface area (Å²) in [5.74, 6) is -4.11. The molecule has 2 heterocycles. The highest BCUT2D eigenvalue weighted by Crippen LogP contribution is 2.24. The van der Waals surface area contributed by atoms with Crippen LogP contribution in [0.1, 0.15) is 19.8 Å². The number of carboxylic acid groups (broad SMARTS) is 1. The van der Waals surface area contributed by atoms with E-state index in [0.29, 0.717) is 11.0 Å². The number of alkyl halides is 2. The van der Waals surface area contributed by atoms with Crippen LogP contribution in [0.3, 0.4) is 0 Å². The largest absolute Gasteiger partial charge is 0.480 e. The molecule has 2 N–H and O–H groups in total. The lowest BCUT2D eigenvalue weighted by molar-refractivity contribution is -0.138. The Morgan fingerprint density at radius 2 is 2.23 bits per heavy atom. The molecule has 0 fully saturated rings. The molecule has 2 aromatic rings. The molecule has 2 aromatic heterocycles. The van der Waals surface area contributed by atoms with E-state index in [4.69, 9.17) is 16.7 Å². The van der Waals surface area contributed by atoms with Crippen LogP contribution in [-0.2, 0) is 4.79 Å². The zero-order valence-corrected chi connectivity index (χ0v) is 12.3. The van der Waals surface area contributed by atoms with Gasteiger partial charge in [-0.05, 0) is 37.1 Å². The van der Waals surface area contributed by atoms with Crippen LogP contribution >= 0.6 is 11.6 Å². The van der Waals surface area contributed by atoms with Gasteiger partial charge in [-0.2, -0.15) is 4.98 Å². The highest BCUT2D eigenvalue weighted by atomic mass is 35.5. The first kappa shape index (κ1) is 16.3. The van der Waals surface area contributed by atoms with Gasteiger partial charge in [0.2, 0.25) is 11.2 Å². The molecule has 0 spiro atoms. The number of aromatic nitrogens is 3. The predicted molar refractivity (Wildman–Crippen MR) is 77.2 cm³/mol. The number of nitrogens with one attached hydrogen (secondary N) is 1. The number of carboxylic acids is 1. The van der Waals surface area contributed by atoms with E-state index in [1.54, 1.807) is 12.1 Å². The first-order valence-corrected chi connectivity index (χ1v) is 6.79. The average molecular weight is 331 g/mol. The minimum Gasteiger partial charge on any atom is -0.480 e. The van der Waals surface area contributed by atoms with Crippen molar-refractivity contribution in [3.8, 4) is 0 Å². The van der Waals surface area contributed by atoms with Crippen LogP contribution < -0.4 is 5.32 Å². The Bertz CT molecular complexity index is 693. The molecule has 0 aliphatic carbocycles. The second kappa shape index (κ2) is 6.35. The third kappa shape index (κ3) is 4.20. The number of anilines is 1. The van der Waals surface area contributed by atoms with Crippen LogP contribution in [0, 0.1) is 0 Å². The number of fused-ring (bicyclic) bond motifs is 1. The van der Waals surface area contributed by atoms with Crippen molar-refractivity contribution in [3.63, 3.8) is 0 Å². The Labute approximate surface area is 129 Å². The van der Waals surface area contributed by atoms with Crippen LogP contribution in [0.5, 0.6) is 0 Å². The van der Waals surface area contributed by atoms with E-state index in [0.717, 1.165) is 6.92 Å². The second-order valence-corrected chi connectivity index (χ2v) is 5.19. The molecule has 0 unspecified atom stereocenters. The van der Waals surface area contributed by atoms with Crippen LogP contribution in [-0.4, -0.2) is 38.0 Å². The lowest BCUT2D eigenvalue weighted by atomic mass is 10.1. The molecular weight excluding hydrogens is 318 g/mol. The van der Waals surface area contributed by atoms with Crippen LogP contribution in [0.2, 0.25) is 5.28 Å². The van der Waals surface area contributed by atoms with Crippen molar-refractivity contribution in [3.05, 3.63) is 23.6 Å². The van der Waals surface area contributed by atoms with Gasteiger partial charge in [-0.25, -0.2) is 18.6 Å². The summed E-state index contributed by atoms with van der Waals surface area (Å²) in [6.07, 6.45) is 0.649. The molecule has 118 valence electrons. The van der Waals surface area contributed by atoms with Gasteiger partial charge in [0.1, 0.15) is 11.6 Å². The van der Waals surface area contributed by atoms with E-state index in [-0.39, 0.29) is 17.5 Å². The average Bonchev–Trinajstić information content (AvgIpc) is 2.41. The van der Waals surface area contributed by atoms with Gasteiger partial charge in [0.05, 0.1) is 5.52 Å². The van der Waals surface area contributed by atoms with Gasteiger partial charge in [-0.1, -0.05) is 0 Å². The Balaban J connectivity index is 2.28. The standard InChI is InChI=1S/C13H13ClF2N4O2/c1-13(15,16)5-4-8(11(21)22)18-10-9-7(3-2-6-17-9)19-12(14)20-10/h2-3,6,8H,4-5H2,1H3,(H,21,22)(H,18,19,20)/t8-/m1/s1. The summed E-state index contributed by atoms with van der Waals surface area (Å²) in [5, 5.41) is 11.7. The van der Waals surface area contributed by atoms with Crippen molar-refractivity contribution in [2.24, 2.45) is 0 Å². The van der Waals surface area contributed by atoms with Gasteiger partial charge in [-0.3, -0.25) is 4.98 Å². The fourth-order valence-corrected chi connectivity index (χ4v) is 2.04. The first-order chi connectivity index (χ1) is 10.3. The summed E-state index contributed by atoms with van der Waals surface area (Å²) in [4.78, 5) is 23.1. The number of aliphatic carboxylic acids is 1. The van der Waals surface area contributed by atoms with Crippen molar-refractivity contribution in [2.45, 2.75) is 31.7 Å². The fourth-order valence-electron chi connectivity index (χ4n) is 1.86. The summed E-state index contributed by atoms with van der Waals surface area (Å²) in [7, 11) is 0.